The summed E-state index contributed by atoms with van der Waals surface area (Å²) in [7, 11) is 2.27. The maximum Gasteiger partial charge on any atom is 0.0192 e. The molecule has 0 bridgehead atoms. The highest BCUT2D eigenvalue weighted by Crippen LogP contribution is 2.40. The second kappa shape index (κ2) is 6.55. The molecule has 1 saturated heterocycles. The van der Waals surface area contributed by atoms with Crippen LogP contribution in [0, 0.1) is 11.3 Å². The molecule has 3 fully saturated rings. The van der Waals surface area contributed by atoms with Gasteiger partial charge >= 0.3 is 0 Å². The topological polar surface area (TPSA) is 18.5 Å². The Morgan fingerprint density at radius 2 is 1.76 bits per heavy atom. The van der Waals surface area contributed by atoms with Gasteiger partial charge in [-0.25, -0.2) is 0 Å². The van der Waals surface area contributed by atoms with Crippen LogP contribution in [-0.2, 0) is 0 Å². The lowest BCUT2D eigenvalue weighted by molar-refractivity contribution is 0.0396. The second-order valence-corrected chi connectivity index (χ2v) is 8.40. The molecule has 3 nitrogen and oxygen atoms in total. The quantitative estimate of drug-likeness (QED) is 0.840. The van der Waals surface area contributed by atoms with Crippen LogP contribution in [0.25, 0.3) is 0 Å². The Labute approximate surface area is 131 Å². The molecule has 0 radical (unpaired) electrons. The van der Waals surface area contributed by atoms with E-state index in [1.54, 1.807) is 0 Å². The Bertz CT molecular complexity index is 331. The third-order valence-corrected chi connectivity index (χ3v) is 6.28. The SMILES string of the molecule is CC1CCC(CNC2CC2)(CN2CCN(C)C(C)C2)CC1. The molecule has 1 unspecified atom stereocenters. The maximum absolute atomic E-state index is 3.85. The van der Waals surface area contributed by atoms with Crippen LogP contribution in [-0.4, -0.2) is 61.7 Å². The second-order valence-electron chi connectivity index (χ2n) is 8.40. The van der Waals surface area contributed by atoms with Gasteiger partial charge < -0.3 is 10.2 Å². The number of rotatable bonds is 5. The molecule has 3 heteroatoms. The summed E-state index contributed by atoms with van der Waals surface area (Å²) in [4.78, 5) is 5.27. The van der Waals surface area contributed by atoms with E-state index in [1.807, 2.05) is 0 Å². The standard InChI is InChI=1S/C18H35N3/c1-15-6-8-18(9-7-15,13-19-17-4-5-17)14-21-11-10-20(3)16(2)12-21/h15-17,19H,4-14H2,1-3H3. The van der Waals surface area contributed by atoms with Gasteiger partial charge in [0.15, 0.2) is 0 Å². The van der Waals surface area contributed by atoms with Gasteiger partial charge in [0.05, 0.1) is 0 Å². The molecule has 3 rings (SSSR count). The summed E-state index contributed by atoms with van der Waals surface area (Å²) in [5, 5.41) is 3.85. The van der Waals surface area contributed by atoms with Crippen molar-refractivity contribution < 1.29 is 0 Å². The Morgan fingerprint density at radius 3 is 2.38 bits per heavy atom. The van der Waals surface area contributed by atoms with E-state index >= 15 is 0 Å². The summed E-state index contributed by atoms with van der Waals surface area (Å²) in [6.07, 6.45) is 8.59. The monoisotopic (exact) mass is 293 g/mol. The fourth-order valence-corrected chi connectivity index (χ4v) is 4.16. The van der Waals surface area contributed by atoms with Crippen molar-refractivity contribution >= 4 is 0 Å². The van der Waals surface area contributed by atoms with Crippen LogP contribution in [0.5, 0.6) is 0 Å². The van der Waals surface area contributed by atoms with E-state index < -0.39 is 0 Å². The van der Waals surface area contributed by atoms with Crippen molar-refractivity contribution in [1.29, 1.82) is 0 Å². The number of hydrogen-bond acceptors (Lipinski definition) is 3. The van der Waals surface area contributed by atoms with Crippen LogP contribution in [0.15, 0.2) is 0 Å². The first kappa shape index (κ1) is 15.8. The predicted octanol–water partition coefficient (Wildman–Crippen LogP) is 2.57. The van der Waals surface area contributed by atoms with Crippen molar-refractivity contribution in [2.75, 3.05) is 39.8 Å². The Hall–Kier alpha value is -0.120. The van der Waals surface area contributed by atoms with Gasteiger partial charge in [0.2, 0.25) is 0 Å². The Kier molecular flexibility index (Phi) is 4.92. The molecule has 2 aliphatic carbocycles. The van der Waals surface area contributed by atoms with E-state index in [2.05, 4.69) is 36.0 Å². The Morgan fingerprint density at radius 1 is 1.05 bits per heavy atom. The van der Waals surface area contributed by atoms with Crippen molar-refractivity contribution in [3.63, 3.8) is 0 Å². The minimum absolute atomic E-state index is 0.560. The molecular weight excluding hydrogens is 258 g/mol. The first-order valence-electron chi connectivity index (χ1n) is 9.22. The summed E-state index contributed by atoms with van der Waals surface area (Å²) in [6, 6.07) is 1.57. The van der Waals surface area contributed by atoms with Crippen LogP contribution < -0.4 is 5.32 Å². The number of nitrogens with zero attached hydrogens (tertiary/aromatic N) is 2. The first-order chi connectivity index (χ1) is 10.1. The maximum atomic E-state index is 3.85. The van der Waals surface area contributed by atoms with Crippen LogP contribution in [0.2, 0.25) is 0 Å². The molecule has 1 atom stereocenters. The lowest BCUT2D eigenvalue weighted by Gasteiger charge is -2.46. The van der Waals surface area contributed by atoms with Crippen molar-refractivity contribution in [2.45, 2.75) is 64.5 Å². The highest BCUT2D eigenvalue weighted by molar-refractivity contribution is 4.93. The van der Waals surface area contributed by atoms with Gasteiger partial charge in [-0.05, 0) is 51.0 Å². The van der Waals surface area contributed by atoms with Gasteiger partial charge in [0, 0.05) is 44.8 Å². The van der Waals surface area contributed by atoms with Crippen LogP contribution >= 0.6 is 0 Å². The molecule has 1 N–H and O–H groups in total. The van der Waals surface area contributed by atoms with Gasteiger partial charge in [-0.2, -0.15) is 0 Å². The number of hydrogen-bond donors (Lipinski definition) is 1. The molecule has 122 valence electrons. The largest absolute Gasteiger partial charge is 0.313 e. The van der Waals surface area contributed by atoms with E-state index in [9.17, 15) is 0 Å². The zero-order valence-corrected chi connectivity index (χ0v) is 14.4. The summed E-state index contributed by atoms with van der Waals surface area (Å²) in [5.74, 6) is 0.950. The van der Waals surface area contributed by atoms with E-state index in [-0.39, 0.29) is 0 Å². The van der Waals surface area contributed by atoms with E-state index in [0.29, 0.717) is 5.41 Å². The first-order valence-corrected chi connectivity index (χ1v) is 9.22. The predicted molar refractivity (Wildman–Crippen MR) is 89.6 cm³/mol. The smallest absolute Gasteiger partial charge is 0.0192 e. The summed E-state index contributed by atoms with van der Waals surface area (Å²) in [5.41, 5.74) is 0.560. The molecular formula is C18H35N3. The van der Waals surface area contributed by atoms with Crippen molar-refractivity contribution in [3.8, 4) is 0 Å². The molecule has 0 aromatic rings. The van der Waals surface area contributed by atoms with Gasteiger partial charge in [-0.15, -0.1) is 0 Å². The normalized spacial score (nSPS) is 39.6. The van der Waals surface area contributed by atoms with Gasteiger partial charge in [-0.3, -0.25) is 4.90 Å². The van der Waals surface area contributed by atoms with Gasteiger partial charge in [0.1, 0.15) is 0 Å². The highest BCUT2D eigenvalue weighted by Gasteiger charge is 2.38. The molecule has 0 aromatic heterocycles. The molecule has 1 heterocycles. The average molecular weight is 293 g/mol. The molecule has 1 aliphatic heterocycles. The molecule has 0 aromatic carbocycles. The van der Waals surface area contributed by atoms with Crippen LogP contribution in [0.3, 0.4) is 0 Å². The van der Waals surface area contributed by atoms with Crippen molar-refractivity contribution in [1.82, 2.24) is 15.1 Å². The fourth-order valence-electron chi connectivity index (χ4n) is 4.16. The number of nitrogens with one attached hydrogen (secondary N) is 1. The van der Waals surface area contributed by atoms with Crippen LogP contribution in [0.4, 0.5) is 0 Å². The minimum Gasteiger partial charge on any atom is -0.313 e. The summed E-state index contributed by atoms with van der Waals surface area (Å²) >= 11 is 0. The van der Waals surface area contributed by atoms with Gasteiger partial charge in [0.25, 0.3) is 0 Å². The summed E-state index contributed by atoms with van der Waals surface area (Å²) < 4.78 is 0. The van der Waals surface area contributed by atoms with E-state index in [4.69, 9.17) is 0 Å². The molecule has 21 heavy (non-hydrogen) atoms. The molecule has 0 spiro atoms. The third-order valence-electron chi connectivity index (χ3n) is 6.28. The van der Waals surface area contributed by atoms with Crippen molar-refractivity contribution in [2.24, 2.45) is 11.3 Å². The van der Waals surface area contributed by atoms with Gasteiger partial charge in [-0.1, -0.05) is 19.8 Å². The average Bonchev–Trinajstić information content (AvgIpc) is 3.28. The molecule has 3 aliphatic rings. The zero-order valence-electron chi connectivity index (χ0n) is 14.4. The Balaban J connectivity index is 1.58. The molecule has 0 amide bonds. The number of likely N-dealkylation sites (N-methyl/N-ethyl adjacent to an activating group) is 1. The minimum atomic E-state index is 0.560. The summed E-state index contributed by atoms with van der Waals surface area (Å²) in [6.45, 7) is 11.2. The van der Waals surface area contributed by atoms with E-state index in [0.717, 1.165) is 18.0 Å². The fraction of sp³-hybridized carbons (Fsp3) is 1.00. The molecule has 2 saturated carbocycles. The number of piperazine rings is 1. The highest BCUT2D eigenvalue weighted by atomic mass is 15.3. The van der Waals surface area contributed by atoms with E-state index in [1.165, 1.54) is 71.2 Å². The van der Waals surface area contributed by atoms with Crippen LogP contribution in [0.1, 0.15) is 52.4 Å². The third kappa shape index (κ3) is 4.20. The lowest BCUT2D eigenvalue weighted by Crippen LogP contribution is -2.54. The van der Waals surface area contributed by atoms with Crippen molar-refractivity contribution in [3.05, 3.63) is 0 Å². The lowest BCUT2D eigenvalue weighted by atomic mass is 9.70. The zero-order chi connectivity index (χ0) is 14.9.